The van der Waals surface area contributed by atoms with Gasteiger partial charge in [0.1, 0.15) is 0 Å². The first-order valence-electron chi connectivity index (χ1n) is 11.7. The molecule has 0 aliphatic carbocycles. The van der Waals surface area contributed by atoms with Crippen LogP contribution in [-0.4, -0.2) is 42.7 Å². The molecule has 0 bridgehead atoms. The van der Waals surface area contributed by atoms with Crippen molar-refractivity contribution in [3.8, 4) is 0 Å². The van der Waals surface area contributed by atoms with Gasteiger partial charge in [0.15, 0.2) is 0 Å². The number of pyridine rings is 1. The second-order valence-electron chi connectivity index (χ2n) is 9.12. The lowest BCUT2D eigenvalue weighted by atomic mass is 9.99. The lowest BCUT2D eigenvalue weighted by Gasteiger charge is -2.27. The van der Waals surface area contributed by atoms with E-state index in [1.807, 2.05) is 13.8 Å². The molecule has 12 heteroatoms. The quantitative estimate of drug-likeness (QED) is 0.396. The zero-order valence-electron chi connectivity index (χ0n) is 20.8. The highest BCUT2D eigenvalue weighted by Crippen LogP contribution is 2.39. The van der Waals surface area contributed by atoms with Gasteiger partial charge in [0.05, 0.1) is 28.6 Å². The first-order chi connectivity index (χ1) is 17.3. The van der Waals surface area contributed by atoms with Gasteiger partial charge in [-0.1, -0.05) is 26.0 Å². The molecule has 1 atom stereocenters. The number of amides is 1. The summed E-state index contributed by atoms with van der Waals surface area (Å²) in [6, 6.07) is 6.79. The minimum Gasteiger partial charge on any atom is -0.348 e. The predicted octanol–water partition coefficient (Wildman–Crippen LogP) is 4.02. The third-order valence-electron chi connectivity index (χ3n) is 6.05. The van der Waals surface area contributed by atoms with E-state index < -0.39 is 27.7 Å². The molecule has 2 heterocycles. The highest BCUT2D eigenvalue weighted by molar-refractivity contribution is 7.89. The molecule has 0 saturated heterocycles. The fraction of sp³-hybridized carbons (Fsp3) is 0.400. The summed E-state index contributed by atoms with van der Waals surface area (Å²) in [4.78, 5) is 19.4. The van der Waals surface area contributed by atoms with Crippen LogP contribution in [0.1, 0.15) is 59.6 Å². The van der Waals surface area contributed by atoms with Gasteiger partial charge in [0.25, 0.3) is 5.91 Å². The lowest BCUT2D eigenvalue weighted by molar-refractivity contribution is -0.137. The summed E-state index contributed by atoms with van der Waals surface area (Å²) in [6.45, 7) is 6.43. The first-order valence-corrected chi connectivity index (χ1v) is 13.4. The molecule has 1 aromatic carbocycles. The summed E-state index contributed by atoms with van der Waals surface area (Å²) in [5.41, 5.74) is 2.32. The number of nitrogens with zero attached hydrogens (tertiary/aromatic N) is 2. The standard InChI is InChI=1S/C25H30F3N5O3S/c1-4-37(35,36)32-12-18(10-29)11-31-24(34)19-9-20-15-33(23(16(2)3)22(20)30-13-19)14-17-5-7-21(8-6-17)25(26,27)28/h5-10,12-13,16,23,29,32H,4,11,14-15H2,1-3H3,(H,31,34)/b18-12+,29-10?. The fourth-order valence-corrected chi connectivity index (χ4v) is 4.63. The zero-order chi connectivity index (χ0) is 27.4. The van der Waals surface area contributed by atoms with Crippen LogP contribution in [0, 0.1) is 11.3 Å². The van der Waals surface area contributed by atoms with Gasteiger partial charge < -0.3 is 10.7 Å². The maximum atomic E-state index is 12.9. The molecule has 1 unspecified atom stereocenters. The van der Waals surface area contributed by atoms with E-state index in [0.717, 1.165) is 35.2 Å². The summed E-state index contributed by atoms with van der Waals surface area (Å²) >= 11 is 0. The number of hydrogen-bond donors (Lipinski definition) is 3. The highest BCUT2D eigenvalue weighted by atomic mass is 32.2. The summed E-state index contributed by atoms with van der Waals surface area (Å²) in [7, 11) is -3.48. The smallest absolute Gasteiger partial charge is 0.348 e. The van der Waals surface area contributed by atoms with Crippen molar-refractivity contribution in [3.05, 3.63) is 76.2 Å². The number of fused-ring (bicyclic) bond motifs is 1. The number of aromatic nitrogens is 1. The van der Waals surface area contributed by atoms with E-state index in [1.54, 1.807) is 6.07 Å². The van der Waals surface area contributed by atoms with E-state index in [4.69, 9.17) is 5.41 Å². The Morgan fingerprint density at radius 2 is 1.95 bits per heavy atom. The van der Waals surface area contributed by atoms with Gasteiger partial charge >= 0.3 is 6.18 Å². The highest BCUT2D eigenvalue weighted by Gasteiger charge is 2.35. The Bertz CT molecular complexity index is 1280. The van der Waals surface area contributed by atoms with Gasteiger partial charge in [-0.3, -0.25) is 19.4 Å². The number of nitrogens with one attached hydrogen (secondary N) is 3. The summed E-state index contributed by atoms with van der Waals surface area (Å²) in [5.74, 6) is -0.367. The van der Waals surface area contributed by atoms with Crippen LogP contribution in [0.5, 0.6) is 0 Å². The fourth-order valence-electron chi connectivity index (χ4n) is 4.13. The molecule has 1 amide bonds. The lowest BCUT2D eigenvalue weighted by Crippen LogP contribution is -2.28. The van der Waals surface area contributed by atoms with E-state index in [2.05, 4.69) is 19.9 Å². The molecular formula is C25H30F3N5O3S. The average molecular weight is 538 g/mol. The van der Waals surface area contributed by atoms with Crippen LogP contribution in [0.4, 0.5) is 13.2 Å². The van der Waals surface area contributed by atoms with Crippen molar-refractivity contribution in [3.63, 3.8) is 0 Å². The third-order valence-corrected chi connectivity index (χ3v) is 7.29. The minimum absolute atomic E-state index is 0.0552. The second-order valence-corrected chi connectivity index (χ2v) is 11.2. The van der Waals surface area contributed by atoms with Crippen LogP contribution in [0.15, 0.2) is 48.3 Å². The average Bonchev–Trinajstić information content (AvgIpc) is 3.21. The van der Waals surface area contributed by atoms with Gasteiger partial charge in [0, 0.05) is 43.8 Å². The van der Waals surface area contributed by atoms with Crippen molar-refractivity contribution in [2.75, 3.05) is 12.3 Å². The van der Waals surface area contributed by atoms with E-state index in [1.165, 1.54) is 31.5 Å². The monoisotopic (exact) mass is 537 g/mol. The van der Waals surface area contributed by atoms with Gasteiger partial charge in [-0.05, 0) is 42.2 Å². The molecule has 0 spiro atoms. The van der Waals surface area contributed by atoms with Crippen LogP contribution in [0.25, 0.3) is 0 Å². The number of halogens is 3. The van der Waals surface area contributed by atoms with Crippen molar-refractivity contribution in [2.45, 2.75) is 46.1 Å². The summed E-state index contributed by atoms with van der Waals surface area (Å²) in [5, 5.41) is 10.1. The Labute approximate surface area is 214 Å². The Hall–Kier alpha value is -3.25. The molecule has 200 valence electrons. The molecular weight excluding hydrogens is 507 g/mol. The first kappa shape index (κ1) is 28.3. The molecule has 8 nitrogen and oxygen atoms in total. The number of rotatable bonds is 10. The maximum absolute atomic E-state index is 12.9. The third kappa shape index (κ3) is 7.16. The molecule has 37 heavy (non-hydrogen) atoms. The van der Waals surface area contributed by atoms with Crippen molar-refractivity contribution >= 4 is 22.1 Å². The number of alkyl halides is 3. The number of hydrogen-bond acceptors (Lipinski definition) is 6. The second kappa shape index (κ2) is 11.4. The van der Waals surface area contributed by atoms with Crippen LogP contribution in [0.3, 0.4) is 0 Å². The topological polar surface area (TPSA) is 115 Å². The zero-order valence-corrected chi connectivity index (χ0v) is 21.6. The number of benzene rings is 1. The van der Waals surface area contributed by atoms with Crippen LogP contribution in [-0.2, 0) is 29.3 Å². The minimum atomic E-state index is -4.39. The molecule has 1 aliphatic heterocycles. The number of sulfonamides is 1. The Morgan fingerprint density at radius 3 is 2.51 bits per heavy atom. The molecule has 0 saturated carbocycles. The number of carbonyl (C=O) groups excluding carboxylic acids is 1. The predicted molar refractivity (Wildman–Crippen MR) is 134 cm³/mol. The van der Waals surface area contributed by atoms with Crippen molar-refractivity contribution in [1.29, 1.82) is 5.41 Å². The number of carbonyl (C=O) groups is 1. The van der Waals surface area contributed by atoms with Crippen LogP contribution < -0.4 is 10.0 Å². The van der Waals surface area contributed by atoms with Crippen molar-refractivity contribution in [1.82, 2.24) is 19.9 Å². The van der Waals surface area contributed by atoms with E-state index in [0.29, 0.717) is 18.7 Å². The molecule has 1 aromatic heterocycles. The molecule has 3 N–H and O–H groups in total. The largest absolute Gasteiger partial charge is 0.416 e. The normalized spacial score (nSPS) is 16.5. The Morgan fingerprint density at radius 1 is 1.27 bits per heavy atom. The van der Waals surface area contributed by atoms with E-state index >= 15 is 0 Å². The Kier molecular flexibility index (Phi) is 8.75. The van der Waals surface area contributed by atoms with Crippen LogP contribution in [0.2, 0.25) is 0 Å². The van der Waals surface area contributed by atoms with Gasteiger partial charge in [-0.2, -0.15) is 13.2 Å². The summed E-state index contributed by atoms with van der Waals surface area (Å²) in [6.07, 6.45) is -0.799. The molecule has 1 aliphatic rings. The van der Waals surface area contributed by atoms with E-state index in [-0.39, 0.29) is 29.8 Å². The molecule has 2 aromatic rings. The van der Waals surface area contributed by atoms with Gasteiger partial charge in [-0.15, -0.1) is 0 Å². The Balaban J connectivity index is 1.72. The van der Waals surface area contributed by atoms with Gasteiger partial charge in [0.2, 0.25) is 10.0 Å². The maximum Gasteiger partial charge on any atom is 0.416 e. The van der Waals surface area contributed by atoms with Crippen molar-refractivity contribution in [2.24, 2.45) is 5.92 Å². The van der Waals surface area contributed by atoms with E-state index in [9.17, 15) is 26.4 Å². The SMILES string of the molecule is CCS(=O)(=O)N/C=C(\C=N)CNC(=O)c1cnc2c(c1)CN(Cc1ccc(C(F)(F)F)cc1)C2C(C)C. The molecule has 3 rings (SSSR count). The van der Waals surface area contributed by atoms with Crippen molar-refractivity contribution < 1.29 is 26.4 Å². The van der Waals surface area contributed by atoms with Gasteiger partial charge in [-0.25, -0.2) is 8.42 Å². The summed E-state index contributed by atoms with van der Waals surface area (Å²) < 4.78 is 64.1. The molecule has 0 fully saturated rings. The molecule has 0 radical (unpaired) electrons. The van der Waals surface area contributed by atoms with Crippen LogP contribution >= 0.6 is 0 Å².